The molecule has 0 radical (unpaired) electrons. The summed E-state index contributed by atoms with van der Waals surface area (Å²) >= 11 is 11.9. The van der Waals surface area contributed by atoms with Crippen molar-refractivity contribution in [2.45, 2.75) is 51.6 Å². The average molecular weight is 358 g/mol. The van der Waals surface area contributed by atoms with Gasteiger partial charge in [0.05, 0.1) is 10.7 Å². The second kappa shape index (κ2) is 8.55. The molecule has 1 aliphatic rings. The summed E-state index contributed by atoms with van der Waals surface area (Å²) in [4.78, 5) is 23.9. The molecule has 23 heavy (non-hydrogen) atoms. The van der Waals surface area contributed by atoms with Gasteiger partial charge in [-0.3, -0.25) is 9.59 Å². The third-order valence-electron chi connectivity index (χ3n) is 4.10. The van der Waals surface area contributed by atoms with Gasteiger partial charge in [0, 0.05) is 11.4 Å². The monoisotopic (exact) mass is 357 g/mol. The number of esters is 1. The van der Waals surface area contributed by atoms with Crippen molar-refractivity contribution in [3.05, 3.63) is 28.2 Å². The second-order valence-corrected chi connectivity index (χ2v) is 6.78. The summed E-state index contributed by atoms with van der Waals surface area (Å²) in [6.07, 6.45) is 5.21. The minimum absolute atomic E-state index is 0.336. The molecular formula is C17H21Cl2NO3. The zero-order valence-electron chi connectivity index (χ0n) is 13.1. The van der Waals surface area contributed by atoms with Crippen molar-refractivity contribution in [2.75, 3.05) is 5.32 Å². The normalized spacial score (nSPS) is 16.1. The number of anilines is 1. The first-order valence-corrected chi connectivity index (χ1v) is 8.66. The van der Waals surface area contributed by atoms with E-state index < -0.39 is 12.0 Å². The molecule has 1 atom stereocenters. The van der Waals surface area contributed by atoms with Gasteiger partial charge in [0.2, 0.25) is 0 Å². The Labute approximate surface area is 146 Å². The van der Waals surface area contributed by atoms with Gasteiger partial charge in [0.15, 0.2) is 6.10 Å². The molecular weight excluding hydrogens is 337 g/mol. The number of carbonyl (C=O) groups is 2. The summed E-state index contributed by atoms with van der Waals surface area (Å²) in [5, 5.41) is 3.46. The molecule has 0 heterocycles. The van der Waals surface area contributed by atoms with E-state index in [1.165, 1.54) is 25.7 Å². The highest BCUT2D eigenvalue weighted by Crippen LogP contribution is 2.29. The van der Waals surface area contributed by atoms with Gasteiger partial charge in [-0.2, -0.15) is 0 Å². The molecule has 1 aromatic carbocycles. The first kappa shape index (κ1) is 18.1. The maximum Gasteiger partial charge on any atom is 0.306 e. The molecule has 0 aromatic heterocycles. The van der Waals surface area contributed by atoms with Crippen molar-refractivity contribution in [3.8, 4) is 0 Å². The largest absolute Gasteiger partial charge is 0.453 e. The summed E-state index contributed by atoms with van der Waals surface area (Å²) in [5.41, 5.74) is 0.401. The van der Waals surface area contributed by atoms with E-state index >= 15 is 0 Å². The number of hydrogen-bond acceptors (Lipinski definition) is 3. The number of benzene rings is 1. The van der Waals surface area contributed by atoms with Crippen LogP contribution in [0.15, 0.2) is 18.2 Å². The molecule has 1 fully saturated rings. The third kappa shape index (κ3) is 5.70. The highest BCUT2D eigenvalue weighted by atomic mass is 35.5. The molecule has 6 heteroatoms. The van der Waals surface area contributed by atoms with Crippen LogP contribution in [0.25, 0.3) is 0 Å². The van der Waals surface area contributed by atoms with E-state index in [1.807, 2.05) is 0 Å². The van der Waals surface area contributed by atoms with E-state index in [-0.39, 0.29) is 5.97 Å². The molecule has 1 N–H and O–H groups in total. The fourth-order valence-electron chi connectivity index (χ4n) is 2.76. The van der Waals surface area contributed by atoms with E-state index in [9.17, 15) is 9.59 Å². The predicted molar refractivity (Wildman–Crippen MR) is 91.8 cm³/mol. The quantitative estimate of drug-likeness (QED) is 0.741. The average Bonchev–Trinajstić information content (AvgIpc) is 3.02. The van der Waals surface area contributed by atoms with Gasteiger partial charge < -0.3 is 10.1 Å². The number of rotatable bonds is 6. The molecule has 4 nitrogen and oxygen atoms in total. The predicted octanol–water partition coefficient (Wildman–Crippen LogP) is 4.83. The lowest BCUT2D eigenvalue weighted by molar-refractivity contribution is -0.153. The Morgan fingerprint density at radius 2 is 2.00 bits per heavy atom. The first-order chi connectivity index (χ1) is 11.0. The van der Waals surface area contributed by atoms with Gasteiger partial charge in [0.25, 0.3) is 5.91 Å². The zero-order chi connectivity index (χ0) is 16.8. The van der Waals surface area contributed by atoms with Crippen molar-refractivity contribution < 1.29 is 14.3 Å². The van der Waals surface area contributed by atoms with Gasteiger partial charge >= 0.3 is 5.97 Å². The van der Waals surface area contributed by atoms with E-state index in [1.54, 1.807) is 25.1 Å². The molecule has 2 rings (SSSR count). The number of amides is 1. The van der Waals surface area contributed by atoms with Crippen LogP contribution >= 0.6 is 23.2 Å². The van der Waals surface area contributed by atoms with Crippen molar-refractivity contribution >= 4 is 40.8 Å². The fraction of sp³-hybridized carbons (Fsp3) is 0.529. The molecule has 126 valence electrons. The van der Waals surface area contributed by atoms with E-state index in [2.05, 4.69) is 5.32 Å². The third-order valence-corrected chi connectivity index (χ3v) is 4.66. The zero-order valence-corrected chi connectivity index (χ0v) is 14.6. The van der Waals surface area contributed by atoms with Crippen LogP contribution < -0.4 is 5.32 Å². The summed E-state index contributed by atoms with van der Waals surface area (Å²) in [6, 6.07) is 4.78. The summed E-state index contributed by atoms with van der Waals surface area (Å²) in [6.45, 7) is 1.54. The van der Waals surface area contributed by atoms with Crippen molar-refractivity contribution in [1.82, 2.24) is 0 Å². The fourth-order valence-corrected chi connectivity index (χ4v) is 3.10. The van der Waals surface area contributed by atoms with Gasteiger partial charge in [0.1, 0.15) is 0 Å². The number of ether oxygens (including phenoxy) is 1. The van der Waals surface area contributed by atoms with Gasteiger partial charge in [-0.05, 0) is 37.5 Å². The lowest BCUT2D eigenvalue weighted by atomic mass is 10.0. The Hall–Kier alpha value is -1.26. The van der Waals surface area contributed by atoms with Gasteiger partial charge in [-0.15, -0.1) is 0 Å². The molecule has 1 unspecified atom stereocenters. The Morgan fingerprint density at radius 3 is 2.70 bits per heavy atom. The van der Waals surface area contributed by atoms with Gasteiger partial charge in [-0.25, -0.2) is 0 Å². The van der Waals surface area contributed by atoms with Gasteiger partial charge in [-0.1, -0.05) is 48.9 Å². The molecule has 1 aliphatic carbocycles. The number of carbonyl (C=O) groups excluding carboxylic acids is 2. The Kier molecular flexibility index (Phi) is 6.72. The SMILES string of the molecule is CC(OC(=O)CCC1CCCC1)C(=O)Nc1cc(Cl)ccc1Cl. The molecule has 1 saturated carbocycles. The van der Waals surface area contributed by atoms with E-state index in [4.69, 9.17) is 27.9 Å². The van der Waals surface area contributed by atoms with Crippen LogP contribution in [0.5, 0.6) is 0 Å². The number of nitrogens with one attached hydrogen (secondary N) is 1. The minimum atomic E-state index is -0.874. The summed E-state index contributed by atoms with van der Waals surface area (Å²) < 4.78 is 5.19. The number of hydrogen-bond donors (Lipinski definition) is 1. The second-order valence-electron chi connectivity index (χ2n) is 5.93. The molecule has 0 saturated heterocycles. The van der Waals surface area contributed by atoms with E-state index in [0.29, 0.717) is 28.1 Å². The lowest BCUT2D eigenvalue weighted by Gasteiger charge is -2.15. The highest BCUT2D eigenvalue weighted by molar-refractivity contribution is 6.35. The molecule has 1 amide bonds. The number of halogens is 2. The maximum atomic E-state index is 12.1. The smallest absolute Gasteiger partial charge is 0.306 e. The maximum absolute atomic E-state index is 12.1. The standard InChI is InChI=1S/C17H21Cl2NO3/c1-11(23-16(21)9-6-12-4-2-3-5-12)17(22)20-15-10-13(18)7-8-14(15)19/h7-8,10-12H,2-6,9H2,1H3,(H,20,22). The van der Waals surface area contributed by atoms with Crippen LogP contribution in [0.3, 0.4) is 0 Å². The highest BCUT2D eigenvalue weighted by Gasteiger charge is 2.21. The Bertz CT molecular complexity index is 571. The van der Waals surface area contributed by atoms with Crippen molar-refractivity contribution in [1.29, 1.82) is 0 Å². The van der Waals surface area contributed by atoms with Crippen LogP contribution in [0.2, 0.25) is 10.0 Å². The molecule has 0 aliphatic heterocycles. The Balaban J connectivity index is 1.79. The van der Waals surface area contributed by atoms with Crippen LogP contribution in [0, 0.1) is 5.92 Å². The summed E-state index contributed by atoms with van der Waals surface area (Å²) in [5.74, 6) is -0.142. The van der Waals surface area contributed by atoms with Crippen LogP contribution in [0.1, 0.15) is 45.4 Å². The minimum Gasteiger partial charge on any atom is -0.453 e. The van der Waals surface area contributed by atoms with Crippen LogP contribution in [-0.4, -0.2) is 18.0 Å². The summed E-state index contributed by atoms with van der Waals surface area (Å²) in [7, 11) is 0. The first-order valence-electron chi connectivity index (χ1n) is 7.91. The van der Waals surface area contributed by atoms with Crippen LogP contribution in [0.4, 0.5) is 5.69 Å². The topological polar surface area (TPSA) is 55.4 Å². The van der Waals surface area contributed by atoms with E-state index in [0.717, 1.165) is 6.42 Å². The van der Waals surface area contributed by atoms with Crippen LogP contribution in [-0.2, 0) is 14.3 Å². The molecule has 0 bridgehead atoms. The molecule has 1 aromatic rings. The lowest BCUT2D eigenvalue weighted by Crippen LogP contribution is -2.30. The van der Waals surface area contributed by atoms with Crippen molar-refractivity contribution in [3.63, 3.8) is 0 Å². The Morgan fingerprint density at radius 1 is 1.30 bits per heavy atom. The molecule has 0 spiro atoms. The van der Waals surface area contributed by atoms with Crippen molar-refractivity contribution in [2.24, 2.45) is 5.92 Å².